The number of hydrogen-bond acceptors (Lipinski definition) is 2. The van der Waals surface area contributed by atoms with Gasteiger partial charge in [0.15, 0.2) is 0 Å². The smallest absolute Gasteiger partial charge is 0.124 e. The molecule has 1 N–H and O–H groups in total. The molecule has 0 aliphatic rings. The lowest BCUT2D eigenvalue weighted by molar-refractivity contribution is 0.303. The Hall–Kier alpha value is -2.23. The van der Waals surface area contributed by atoms with Crippen molar-refractivity contribution in [3.05, 3.63) is 112 Å². The molecule has 2 nitrogen and oxygen atoms in total. The summed E-state index contributed by atoms with van der Waals surface area (Å²) in [5.41, 5.74) is 3.40. The third-order valence-corrected chi connectivity index (χ3v) is 5.72. The molecule has 5 heteroatoms. The van der Waals surface area contributed by atoms with Crippen LogP contribution in [0.3, 0.4) is 0 Å². The second-order valence-electron chi connectivity index (χ2n) is 7.20. The van der Waals surface area contributed by atoms with E-state index in [4.69, 9.17) is 27.9 Å². The molecule has 4 aromatic rings. The number of rotatable bonds is 8. The number of benzene rings is 4. The largest absolute Gasteiger partial charge is 0.488 e. The van der Waals surface area contributed by atoms with Crippen molar-refractivity contribution in [2.45, 2.75) is 19.6 Å². The number of nitrogens with one attached hydrogen (secondary N) is 1. The van der Waals surface area contributed by atoms with Gasteiger partial charge in [0.25, 0.3) is 0 Å². The first-order chi connectivity index (χ1) is 14.7. The molecule has 0 heterocycles. The van der Waals surface area contributed by atoms with Crippen LogP contribution in [0.5, 0.6) is 5.75 Å². The zero-order chi connectivity index (χ0) is 20.8. The third-order valence-electron chi connectivity index (χ3n) is 5.13. The van der Waals surface area contributed by atoms with Gasteiger partial charge >= 0.3 is 0 Å². The number of hydrogen-bond donors (Lipinski definition) is 1. The molecule has 4 aromatic carbocycles. The monoisotopic (exact) mass is 471 g/mol. The van der Waals surface area contributed by atoms with Crippen molar-refractivity contribution in [1.29, 1.82) is 0 Å². The van der Waals surface area contributed by atoms with E-state index >= 15 is 0 Å². The Kier molecular flexibility index (Phi) is 8.62. The molecular weight excluding hydrogens is 449 g/mol. The molecule has 4 rings (SSSR count). The molecule has 0 unspecified atom stereocenters. The van der Waals surface area contributed by atoms with Gasteiger partial charge in [-0.25, -0.2) is 0 Å². The first-order valence-electron chi connectivity index (χ1n) is 10.0. The fraction of sp³-hybridized carbons (Fsp3) is 0.154. The molecule has 0 aromatic heterocycles. The van der Waals surface area contributed by atoms with Crippen LogP contribution in [0.4, 0.5) is 0 Å². The van der Waals surface area contributed by atoms with Crippen molar-refractivity contribution in [3.63, 3.8) is 0 Å². The average Bonchev–Trinajstić information content (AvgIpc) is 2.77. The van der Waals surface area contributed by atoms with Crippen molar-refractivity contribution in [2.75, 3.05) is 6.54 Å². The van der Waals surface area contributed by atoms with Crippen molar-refractivity contribution in [1.82, 2.24) is 5.32 Å². The molecule has 0 amide bonds. The predicted octanol–water partition coefficient (Wildman–Crippen LogP) is 7.48. The molecule has 160 valence electrons. The minimum Gasteiger partial charge on any atom is -0.488 e. The number of halogens is 3. The van der Waals surface area contributed by atoms with E-state index in [-0.39, 0.29) is 12.4 Å². The third kappa shape index (κ3) is 6.15. The quantitative estimate of drug-likeness (QED) is 0.268. The standard InChI is InChI=1S/C26H23Cl2NO.ClH/c27-22-12-10-21(25(28)16-22)18-30-26-13-11-20-8-4-5-9-23(20)24(26)17-29-15-14-19-6-2-1-3-7-19;/h1-13,16,29H,14-15,17-18H2;1H. The Labute approximate surface area is 199 Å². The van der Waals surface area contributed by atoms with Crippen molar-refractivity contribution in [2.24, 2.45) is 0 Å². The van der Waals surface area contributed by atoms with Crippen LogP contribution >= 0.6 is 35.6 Å². The maximum atomic E-state index is 6.31. The molecule has 0 aliphatic heterocycles. The Bertz CT molecular complexity index is 1130. The van der Waals surface area contributed by atoms with Crippen molar-refractivity contribution < 1.29 is 4.74 Å². The van der Waals surface area contributed by atoms with Crippen LogP contribution in [-0.2, 0) is 19.6 Å². The van der Waals surface area contributed by atoms with Gasteiger partial charge in [0.05, 0.1) is 0 Å². The predicted molar refractivity (Wildman–Crippen MR) is 134 cm³/mol. The molecule has 0 spiro atoms. The van der Waals surface area contributed by atoms with Gasteiger partial charge in [0.1, 0.15) is 12.4 Å². The molecule has 0 atom stereocenters. The van der Waals surface area contributed by atoms with Crippen LogP contribution in [0.2, 0.25) is 10.0 Å². The summed E-state index contributed by atoms with van der Waals surface area (Å²) in [5, 5.41) is 7.22. The van der Waals surface area contributed by atoms with E-state index in [1.54, 1.807) is 6.07 Å². The highest BCUT2D eigenvalue weighted by atomic mass is 35.5. The van der Waals surface area contributed by atoms with E-state index in [1.165, 1.54) is 16.3 Å². The highest BCUT2D eigenvalue weighted by Gasteiger charge is 2.10. The van der Waals surface area contributed by atoms with Gasteiger partial charge in [-0.1, -0.05) is 89.9 Å². The fourth-order valence-corrected chi connectivity index (χ4v) is 3.98. The van der Waals surface area contributed by atoms with E-state index in [2.05, 4.69) is 59.9 Å². The zero-order valence-electron chi connectivity index (χ0n) is 17.0. The van der Waals surface area contributed by atoms with Crippen LogP contribution in [0.15, 0.2) is 84.9 Å². The Balaban J connectivity index is 0.00000272. The molecule has 0 saturated heterocycles. The van der Waals surface area contributed by atoms with E-state index in [0.29, 0.717) is 16.7 Å². The van der Waals surface area contributed by atoms with Crippen LogP contribution < -0.4 is 10.1 Å². The Morgan fingerprint density at radius 2 is 1.58 bits per heavy atom. The highest BCUT2D eigenvalue weighted by Crippen LogP contribution is 2.30. The maximum absolute atomic E-state index is 6.31. The van der Waals surface area contributed by atoms with Gasteiger partial charge in [-0.05, 0) is 47.5 Å². The second kappa shape index (κ2) is 11.4. The van der Waals surface area contributed by atoms with Gasteiger partial charge < -0.3 is 10.1 Å². The normalized spacial score (nSPS) is 10.6. The molecule has 0 aliphatic carbocycles. The molecule has 0 fully saturated rings. The lowest BCUT2D eigenvalue weighted by Crippen LogP contribution is -2.17. The summed E-state index contributed by atoms with van der Waals surface area (Å²) >= 11 is 12.3. The summed E-state index contributed by atoms with van der Waals surface area (Å²) in [7, 11) is 0. The summed E-state index contributed by atoms with van der Waals surface area (Å²) in [6.07, 6.45) is 0.988. The zero-order valence-corrected chi connectivity index (χ0v) is 19.3. The summed E-state index contributed by atoms with van der Waals surface area (Å²) < 4.78 is 6.20. The topological polar surface area (TPSA) is 21.3 Å². The lowest BCUT2D eigenvalue weighted by Gasteiger charge is -2.16. The lowest BCUT2D eigenvalue weighted by atomic mass is 10.0. The van der Waals surface area contributed by atoms with Crippen LogP contribution in [0, 0.1) is 0 Å². The summed E-state index contributed by atoms with van der Waals surface area (Å²) in [4.78, 5) is 0. The molecular formula is C26H24Cl3NO. The molecule has 31 heavy (non-hydrogen) atoms. The van der Waals surface area contributed by atoms with E-state index < -0.39 is 0 Å². The van der Waals surface area contributed by atoms with Crippen LogP contribution in [0.25, 0.3) is 10.8 Å². The van der Waals surface area contributed by atoms with Crippen molar-refractivity contribution in [3.8, 4) is 5.75 Å². The summed E-state index contributed by atoms with van der Waals surface area (Å²) in [5.74, 6) is 0.868. The van der Waals surface area contributed by atoms with Gasteiger partial charge in [-0.15, -0.1) is 12.4 Å². The Morgan fingerprint density at radius 1 is 0.806 bits per heavy atom. The summed E-state index contributed by atoms with van der Waals surface area (Å²) in [6.45, 7) is 2.03. The van der Waals surface area contributed by atoms with Gasteiger partial charge in [0, 0.05) is 27.7 Å². The van der Waals surface area contributed by atoms with Gasteiger partial charge in [-0.2, -0.15) is 0 Å². The van der Waals surface area contributed by atoms with Crippen LogP contribution in [0.1, 0.15) is 16.7 Å². The van der Waals surface area contributed by atoms with E-state index in [9.17, 15) is 0 Å². The second-order valence-corrected chi connectivity index (χ2v) is 8.04. The van der Waals surface area contributed by atoms with E-state index in [1.807, 2.05) is 24.3 Å². The maximum Gasteiger partial charge on any atom is 0.124 e. The first kappa shape index (κ1) is 23.4. The van der Waals surface area contributed by atoms with E-state index in [0.717, 1.165) is 36.4 Å². The SMILES string of the molecule is Cl.Clc1ccc(COc2ccc3ccccc3c2CNCCc2ccccc2)c(Cl)c1. The average molecular weight is 473 g/mol. The Morgan fingerprint density at radius 3 is 2.39 bits per heavy atom. The molecule has 0 radical (unpaired) electrons. The first-order valence-corrected chi connectivity index (χ1v) is 10.8. The highest BCUT2D eigenvalue weighted by molar-refractivity contribution is 6.35. The minimum absolute atomic E-state index is 0. The van der Waals surface area contributed by atoms with Crippen molar-refractivity contribution >= 4 is 46.4 Å². The number of fused-ring (bicyclic) bond motifs is 1. The minimum atomic E-state index is 0. The number of ether oxygens (including phenoxy) is 1. The fourth-order valence-electron chi connectivity index (χ4n) is 3.52. The van der Waals surface area contributed by atoms with Gasteiger partial charge in [0.2, 0.25) is 0 Å². The molecule has 0 saturated carbocycles. The van der Waals surface area contributed by atoms with Crippen LogP contribution in [-0.4, -0.2) is 6.54 Å². The summed E-state index contributed by atoms with van der Waals surface area (Å²) in [6, 6.07) is 28.5. The molecule has 0 bridgehead atoms. The van der Waals surface area contributed by atoms with Gasteiger partial charge in [-0.3, -0.25) is 0 Å².